The van der Waals surface area contributed by atoms with Gasteiger partial charge in [-0.15, -0.1) is 0 Å². The molecule has 0 radical (unpaired) electrons. The average molecular weight is 454 g/mol. The summed E-state index contributed by atoms with van der Waals surface area (Å²) in [5.74, 6) is 1.09. The molecule has 0 bridgehead atoms. The lowest BCUT2D eigenvalue weighted by Crippen LogP contribution is -2.17. The Labute approximate surface area is 175 Å². The lowest BCUT2D eigenvalue weighted by atomic mass is 10.2. The van der Waals surface area contributed by atoms with Crippen LogP contribution in [0.3, 0.4) is 0 Å². The van der Waals surface area contributed by atoms with E-state index in [2.05, 4.69) is 21.2 Å². The fourth-order valence-electron chi connectivity index (χ4n) is 2.61. The van der Waals surface area contributed by atoms with E-state index in [1.165, 1.54) is 12.1 Å². The Morgan fingerprint density at radius 3 is 2.50 bits per heavy atom. The fraction of sp³-hybridized carbons (Fsp3) is 0.455. The lowest BCUT2D eigenvalue weighted by Gasteiger charge is -2.16. The van der Waals surface area contributed by atoms with Crippen molar-refractivity contribution in [1.29, 1.82) is 0 Å². The van der Waals surface area contributed by atoms with Gasteiger partial charge in [0, 0.05) is 13.2 Å². The van der Waals surface area contributed by atoms with Crippen LogP contribution < -0.4 is 14.8 Å². The molecule has 4 nitrogen and oxygen atoms in total. The molecule has 2 aromatic carbocycles. The van der Waals surface area contributed by atoms with Crippen molar-refractivity contribution in [3.63, 3.8) is 0 Å². The molecule has 0 unspecified atom stereocenters. The normalized spacial score (nSPS) is 11.1. The molecule has 1 N–H and O–H groups in total. The molecule has 0 heterocycles. The molecule has 0 aromatic heterocycles. The van der Waals surface area contributed by atoms with Gasteiger partial charge < -0.3 is 19.5 Å². The topological polar surface area (TPSA) is 39.7 Å². The molecule has 0 amide bonds. The minimum absolute atomic E-state index is 0.257. The van der Waals surface area contributed by atoms with Gasteiger partial charge in [0.1, 0.15) is 12.4 Å². The minimum Gasteiger partial charge on any atom is -0.490 e. The predicted molar refractivity (Wildman–Crippen MR) is 113 cm³/mol. The van der Waals surface area contributed by atoms with Crippen molar-refractivity contribution in [2.24, 2.45) is 0 Å². The largest absolute Gasteiger partial charge is 0.490 e. The molecule has 2 rings (SSSR count). The summed E-state index contributed by atoms with van der Waals surface area (Å²) in [4.78, 5) is 0. The van der Waals surface area contributed by atoms with Gasteiger partial charge in [-0.05, 0) is 85.1 Å². The molecule has 0 spiro atoms. The van der Waals surface area contributed by atoms with Crippen molar-refractivity contribution >= 4 is 15.9 Å². The Balaban J connectivity index is 1.95. The summed E-state index contributed by atoms with van der Waals surface area (Å²) in [7, 11) is 0. The number of ether oxygens (including phenoxy) is 3. The van der Waals surface area contributed by atoms with Crippen LogP contribution in [-0.4, -0.2) is 25.9 Å². The van der Waals surface area contributed by atoms with Crippen molar-refractivity contribution in [3.8, 4) is 11.5 Å². The zero-order chi connectivity index (χ0) is 20.4. The summed E-state index contributed by atoms with van der Waals surface area (Å²) in [6.07, 6.45) is 1.24. The standard InChI is InChI=1S/C22H29BrFNO3/c1-4-26-21-13-18(14-25-10-5-11-27-16(2)3)12-20(23)22(21)28-15-17-6-8-19(24)9-7-17/h6-9,12-13,16,25H,4-5,10-11,14-15H2,1-3H3. The van der Waals surface area contributed by atoms with Gasteiger partial charge in [0.25, 0.3) is 0 Å². The highest BCUT2D eigenvalue weighted by atomic mass is 79.9. The molecule has 0 aliphatic rings. The van der Waals surface area contributed by atoms with Gasteiger partial charge in [0.15, 0.2) is 11.5 Å². The maximum Gasteiger partial charge on any atom is 0.175 e. The molecule has 28 heavy (non-hydrogen) atoms. The molecule has 2 aromatic rings. The Bertz CT molecular complexity index is 722. The molecular weight excluding hydrogens is 425 g/mol. The van der Waals surface area contributed by atoms with Crippen LogP contribution in [0.2, 0.25) is 0 Å². The summed E-state index contributed by atoms with van der Waals surface area (Å²) in [5.41, 5.74) is 2.00. The van der Waals surface area contributed by atoms with Gasteiger partial charge in [-0.25, -0.2) is 4.39 Å². The number of nitrogens with one attached hydrogen (secondary N) is 1. The van der Waals surface area contributed by atoms with Crippen molar-refractivity contribution in [2.75, 3.05) is 19.8 Å². The van der Waals surface area contributed by atoms with E-state index in [-0.39, 0.29) is 11.9 Å². The van der Waals surface area contributed by atoms with Crippen molar-refractivity contribution in [1.82, 2.24) is 5.32 Å². The highest BCUT2D eigenvalue weighted by Crippen LogP contribution is 2.37. The van der Waals surface area contributed by atoms with E-state index in [0.717, 1.165) is 41.7 Å². The van der Waals surface area contributed by atoms with Crippen LogP contribution in [0.1, 0.15) is 38.3 Å². The van der Waals surface area contributed by atoms with Crippen molar-refractivity contribution in [3.05, 3.63) is 57.8 Å². The highest BCUT2D eigenvalue weighted by Gasteiger charge is 2.13. The average Bonchev–Trinajstić information content (AvgIpc) is 2.65. The first-order valence-corrected chi connectivity index (χ1v) is 10.4. The first-order valence-electron chi connectivity index (χ1n) is 9.64. The third-order valence-corrected chi connectivity index (χ3v) is 4.53. The first-order chi connectivity index (χ1) is 13.5. The monoisotopic (exact) mass is 453 g/mol. The summed E-state index contributed by atoms with van der Waals surface area (Å²) in [6, 6.07) is 10.3. The molecule has 0 atom stereocenters. The zero-order valence-electron chi connectivity index (χ0n) is 16.8. The van der Waals surface area contributed by atoms with E-state index in [1.54, 1.807) is 12.1 Å². The molecule has 0 fully saturated rings. The third-order valence-electron chi connectivity index (χ3n) is 3.94. The lowest BCUT2D eigenvalue weighted by molar-refractivity contribution is 0.0770. The number of halogens is 2. The molecule has 154 valence electrons. The highest BCUT2D eigenvalue weighted by molar-refractivity contribution is 9.10. The Morgan fingerprint density at radius 2 is 1.82 bits per heavy atom. The minimum atomic E-state index is -0.257. The second-order valence-electron chi connectivity index (χ2n) is 6.70. The Kier molecular flexibility index (Phi) is 9.75. The Morgan fingerprint density at radius 1 is 1.07 bits per heavy atom. The molecule has 0 aliphatic carbocycles. The van der Waals surface area contributed by atoms with Gasteiger partial charge in [0.05, 0.1) is 17.2 Å². The van der Waals surface area contributed by atoms with E-state index in [0.29, 0.717) is 24.7 Å². The maximum absolute atomic E-state index is 13.0. The smallest absolute Gasteiger partial charge is 0.175 e. The van der Waals surface area contributed by atoms with E-state index in [4.69, 9.17) is 14.2 Å². The van der Waals surface area contributed by atoms with E-state index < -0.39 is 0 Å². The SMILES string of the molecule is CCOc1cc(CNCCCOC(C)C)cc(Br)c1OCc1ccc(F)cc1. The molecule has 0 saturated carbocycles. The third kappa shape index (κ3) is 7.78. The number of hydrogen-bond donors (Lipinski definition) is 1. The van der Waals surface area contributed by atoms with Crippen molar-refractivity contribution < 1.29 is 18.6 Å². The molecule has 6 heteroatoms. The zero-order valence-corrected chi connectivity index (χ0v) is 18.4. The first kappa shape index (κ1) is 22.7. The van der Waals surface area contributed by atoms with E-state index >= 15 is 0 Å². The molecule has 0 saturated heterocycles. The number of rotatable bonds is 12. The van der Waals surface area contributed by atoms with Crippen LogP contribution >= 0.6 is 15.9 Å². The van der Waals surface area contributed by atoms with Crippen LogP contribution in [0, 0.1) is 5.82 Å². The summed E-state index contributed by atoms with van der Waals surface area (Å²) < 4.78 is 31.2. The summed E-state index contributed by atoms with van der Waals surface area (Å²) >= 11 is 3.59. The van der Waals surface area contributed by atoms with Gasteiger partial charge >= 0.3 is 0 Å². The van der Waals surface area contributed by atoms with E-state index in [1.807, 2.05) is 32.9 Å². The van der Waals surface area contributed by atoms with Gasteiger partial charge in [0.2, 0.25) is 0 Å². The van der Waals surface area contributed by atoms with Crippen LogP contribution in [0.25, 0.3) is 0 Å². The van der Waals surface area contributed by atoms with Gasteiger partial charge in [-0.1, -0.05) is 12.1 Å². The molecular formula is C22H29BrFNO3. The quantitative estimate of drug-likeness (QED) is 0.432. The van der Waals surface area contributed by atoms with Gasteiger partial charge in [-0.3, -0.25) is 0 Å². The molecule has 0 aliphatic heterocycles. The number of benzene rings is 2. The van der Waals surface area contributed by atoms with Crippen LogP contribution in [0.4, 0.5) is 4.39 Å². The Hall–Kier alpha value is -1.63. The van der Waals surface area contributed by atoms with Crippen molar-refractivity contribution in [2.45, 2.75) is 46.4 Å². The summed E-state index contributed by atoms with van der Waals surface area (Å²) in [5, 5.41) is 3.42. The number of hydrogen-bond acceptors (Lipinski definition) is 4. The second kappa shape index (κ2) is 12.0. The maximum atomic E-state index is 13.0. The van der Waals surface area contributed by atoms with Crippen LogP contribution in [0.5, 0.6) is 11.5 Å². The fourth-order valence-corrected chi connectivity index (χ4v) is 3.22. The van der Waals surface area contributed by atoms with Crippen LogP contribution in [0.15, 0.2) is 40.9 Å². The van der Waals surface area contributed by atoms with Crippen LogP contribution in [-0.2, 0) is 17.9 Å². The van der Waals surface area contributed by atoms with E-state index in [9.17, 15) is 4.39 Å². The second-order valence-corrected chi connectivity index (χ2v) is 7.56. The summed E-state index contributed by atoms with van der Waals surface area (Å²) in [6.45, 7) is 9.29. The predicted octanol–water partition coefficient (Wildman–Crippen LogP) is 5.47. The van der Waals surface area contributed by atoms with Gasteiger partial charge in [-0.2, -0.15) is 0 Å².